The van der Waals surface area contributed by atoms with Crippen molar-refractivity contribution in [1.82, 2.24) is 19.7 Å². The molecule has 0 atom stereocenters. The van der Waals surface area contributed by atoms with E-state index in [1.54, 1.807) is 6.08 Å². The van der Waals surface area contributed by atoms with Gasteiger partial charge in [-0.15, -0.1) is 28.1 Å². The highest BCUT2D eigenvalue weighted by molar-refractivity contribution is 7.99. The first-order valence-electron chi connectivity index (χ1n) is 11.8. The number of anilines is 1. The van der Waals surface area contributed by atoms with E-state index in [1.165, 1.54) is 28.7 Å². The molecule has 2 heterocycles. The highest BCUT2D eigenvalue weighted by atomic mass is 35.5. The second-order valence-electron chi connectivity index (χ2n) is 8.40. The number of nitrogens with zero attached hydrogens (tertiary/aromatic N) is 4. The van der Waals surface area contributed by atoms with Gasteiger partial charge in [0.25, 0.3) is 0 Å². The van der Waals surface area contributed by atoms with Gasteiger partial charge in [-0.1, -0.05) is 59.3 Å². The molecule has 0 aliphatic carbocycles. The highest BCUT2D eigenvalue weighted by Gasteiger charge is 2.15. The zero-order chi connectivity index (χ0) is 26.2. The molecule has 2 aromatic heterocycles. The molecule has 0 saturated heterocycles. The molecular formula is C27H28ClN5O2S2. The van der Waals surface area contributed by atoms with Crippen molar-refractivity contribution < 1.29 is 9.53 Å². The van der Waals surface area contributed by atoms with Crippen LogP contribution < -0.4 is 10.1 Å². The summed E-state index contributed by atoms with van der Waals surface area (Å²) in [4.78, 5) is 17.1. The van der Waals surface area contributed by atoms with Gasteiger partial charge in [0.2, 0.25) is 5.91 Å². The van der Waals surface area contributed by atoms with Gasteiger partial charge in [-0.05, 0) is 44.0 Å². The maximum Gasteiger partial charge on any atom is 0.236 e. The normalized spacial score (nSPS) is 10.9. The van der Waals surface area contributed by atoms with Crippen molar-refractivity contribution >= 4 is 45.7 Å². The molecule has 192 valence electrons. The highest BCUT2D eigenvalue weighted by Crippen LogP contribution is 2.26. The molecule has 4 rings (SSSR count). The van der Waals surface area contributed by atoms with Crippen LogP contribution in [0, 0.1) is 13.8 Å². The van der Waals surface area contributed by atoms with Gasteiger partial charge < -0.3 is 14.6 Å². The molecule has 0 aliphatic rings. The van der Waals surface area contributed by atoms with Crippen molar-refractivity contribution in [1.29, 1.82) is 0 Å². The second-order valence-corrected chi connectivity index (χ2v) is 10.6. The van der Waals surface area contributed by atoms with Gasteiger partial charge in [-0.3, -0.25) is 4.79 Å². The van der Waals surface area contributed by atoms with Gasteiger partial charge in [0, 0.05) is 28.9 Å². The summed E-state index contributed by atoms with van der Waals surface area (Å²) >= 11 is 8.76. The quantitative estimate of drug-likeness (QED) is 0.121. The van der Waals surface area contributed by atoms with Gasteiger partial charge in [-0.2, -0.15) is 0 Å². The van der Waals surface area contributed by atoms with Crippen molar-refractivity contribution in [3.05, 3.63) is 82.5 Å². The number of carbonyl (C=O) groups is 1. The number of carbonyl (C=O) groups excluding carboxylic acids is 1. The minimum absolute atomic E-state index is 0.142. The first-order chi connectivity index (χ1) is 17.9. The number of hydrogen-bond acceptors (Lipinski definition) is 7. The van der Waals surface area contributed by atoms with Gasteiger partial charge in [0.15, 0.2) is 10.3 Å². The number of rotatable bonds is 12. The minimum Gasteiger partial charge on any atom is -0.493 e. The number of thioether (sulfide) groups is 1. The standard InChI is InChI=1S/C27H28ClN5O2S2/c1-4-13-33-24(6-5-14-35-23-12-11-21(28)15-19(23)3)31-32-27(33)37-17-25(34)30-26-29-22(16-36-26)20-9-7-18(2)8-10-20/h4,7-12,15-16H,1,5-6,13-14,17H2,2-3H3,(H,29,30,34). The maximum absolute atomic E-state index is 12.6. The zero-order valence-electron chi connectivity index (χ0n) is 20.7. The Morgan fingerprint density at radius 2 is 2.03 bits per heavy atom. The van der Waals surface area contributed by atoms with Crippen LogP contribution in [-0.4, -0.2) is 38.0 Å². The van der Waals surface area contributed by atoms with E-state index in [0.717, 1.165) is 34.8 Å². The molecule has 2 aromatic carbocycles. The summed E-state index contributed by atoms with van der Waals surface area (Å²) in [7, 11) is 0. The second kappa shape index (κ2) is 12.9. The Bertz CT molecular complexity index is 1370. The number of halogens is 1. The molecule has 0 aliphatic heterocycles. The third-order valence-corrected chi connectivity index (χ3v) is 7.43. The molecule has 1 amide bonds. The molecule has 7 nitrogen and oxygen atoms in total. The fraction of sp³-hybridized carbons (Fsp3) is 0.259. The topological polar surface area (TPSA) is 81.9 Å². The smallest absolute Gasteiger partial charge is 0.236 e. The Balaban J connectivity index is 1.28. The fourth-order valence-electron chi connectivity index (χ4n) is 3.58. The van der Waals surface area contributed by atoms with E-state index >= 15 is 0 Å². The van der Waals surface area contributed by atoms with Crippen molar-refractivity contribution in [2.24, 2.45) is 0 Å². The molecular weight excluding hydrogens is 526 g/mol. The number of benzene rings is 2. The molecule has 0 bridgehead atoms. The Hall–Kier alpha value is -3.14. The van der Waals surface area contributed by atoms with E-state index in [2.05, 4.69) is 27.1 Å². The SMILES string of the molecule is C=CCn1c(CCCOc2ccc(Cl)cc2C)nnc1SCC(=O)Nc1nc(-c2ccc(C)cc2)cs1. The molecule has 1 N–H and O–H groups in total. The first-order valence-corrected chi connectivity index (χ1v) is 14.0. The number of hydrogen-bond donors (Lipinski definition) is 1. The molecule has 0 unspecified atom stereocenters. The summed E-state index contributed by atoms with van der Waals surface area (Å²) in [5, 5.41) is 15.4. The van der Waals surface area contributed by atoms with Crippen molar-refractivity contribution in [2.45, 2.75) is 38.4 Å². The van der Waals surface area contributed by atoms with E-state index in [-0.39, 0.29) is 11.7 Å². The monoisotopic (exact) mass is 553 g/mol. The lowest BCUT2D eigenvalue weighted by atomic mass is 10.1. The van der Waals surface area contributed by atoms with Gasteiger partial charge >= 0.3 is 0 Å². The van der Waals surface area contributed by atoms with E-state index in [9.17, 15) is 4.79 Å². The van der Waals surface area contributed by atoms with Crippen LogP contribution in [0.25, 0.3) is 11.3 Å². The van der Waals surface area contributed by atoms with Crippen molar-refractivity contribution in [3.63, 3.8) is 0 Å². The molecule has 0 fully saturated rings. The fourth-order valence-corrected chi connectivity index (χ4v) is 5.31. The zero-order valence-corrected chi connectivity index (χ0v) is 23.1. The van der Waals surface area contributed by atoms with E-state index < -0.39 is 0 Å². The summed E-state index contributed by atoms with van der Waals surface area (Å²) in [5.41, 5.74) is 4.07. The molecule has 4 aromatic rings. The summed E-state index contributed by atoms with van der Waals surface area (Å²) in [6.45, 7) is 8.98. The molecule has 0 spiro atoms. The predicted octanol–water partition coefficient (Wildman–Crippen LogP) is 6.60. The van der Waals surface area contributed by atoms with Crippen LogP contribution in [0.1, 0.15) is 23.4 Å². The molecule has 10 heteroatoms. The summed E-state index contributed by atoms with van der Waals surface area (Å²) in [6, 6.07) is 13.7. The number of nitrogens with one attached hydrogen (secondary N) is 1. The number of ether oxygens (including phenoxy) is 1. The van der Waals surface area contributed by atoms with E-state index in [4.69, 9.17) is 16.3 Å². The summed E-state index contributed by atoms with van der Waals surface area (Å²) < 4.78 is 7.88. The van der Waals surface area contributed by atoms with Gasteiger partial charge in [0.1, 0.15) is 11.6 Å². The summed E-state index contributed by atoms with van der Waals surface area (Å²) in [5.74, 6) is 1.72. The number of aromatic nitrogens is 4. The number of aryl methyl sites for hydroxylation is 3. The third kappa shape index (κ3) is 7.44. The minimum atomic E-state index is -0.142. The van der Waals surface area contributed by atoms with Gasteiger partial charge in [-0.25, -0.2) is 4.98 Å². The van der Waals surface area contributed by atoms with Crippen LogP contribution in [0.3, 0.4) is 0 Å². The van der Waals surface area contributed by atoms with Crippen LogP contribution in [0.4, 0.5) is 5.13 Å². The summed E-state index contributed by atoms with van der Waals surface area (Å²) in [6.07, 6.45) is 3.27. The van der Waals surface area contributed by atoms with Gasteiger partial charge in [0.05, 0.1) is 18.1 Å². The van der Waals surface area contributed by atoms with Crippen LogP contribution in [0.2, 0.25) is 5.02 Å². The Morgan fingerprint density at radius 1 is 1.22 bits per heavy atom. The average Bonchev–Trinajstić information content (AvgIpc) is 3.49. The average molecular weight is 554 g/mol. The number of thiazole rings is 1. The molecule has 0 radical (unpaired) electrons. The first kappa shape index (κ1) is 26.9. The number of allylic oxidation sites excluding steroid dienone is 1. The number of amides is 1. The maximum atomic E-state index is 12.6. The lowest BCUT2D eigenvalue weighted by Gasteiger charge is -2.10. The van der Waals surface area contributed by atoms with Crippen LogP contribution in [0.15, 0.2) is 65.7 Å². The van der Waals surface area contributed by atoms with E-state index in [1.807, 2.05) is 66.3 Å². The third-order valence-electron chi connectivity index (χ3n) is 5.47. The van der Waals surface area contributed by atoms with Crippen molar-refractivity contribution in [2.75, 3.05) is 17.7 Å². The molecule has 0 saturated carbocycles. The largest absolute Gasteiger partial charge is 0.493 e. The van der Waals surface area contributed by atoms with Crippen LogP contribution in [0.5, 0.6) is 5.75 Å². The Labute approximate surface area is 230 Å². The predicted molar refractivity (Wildman–Crippen MR) is 152 cm³/mol. The molecule has 37 heavy (non-hydrogen) atoms. The van der Waals surface area contributed by atoms with Crippen LogP contribution >= 0.6 is 34.7 Å². The Morgan fingerprint density at radius 3 is 2.78 bits per heavy atom. The van der Waals surface area contributed by atoms with Crippen molar-refractivity contribution in [3.8, 4) is 17.0 Å². The lowest BCUT2D eigenvalue weighted by molar-refractivity contribution is -0.113. The van der Waals surface area contributed by atoms with Crippen LogP contribution in [-0.2, 0) is 17.8 Å². The van der Waals surface area contributed by atoms with E-state index in [0.29, 0.717) is 34.9 Å². The Kier molecular flexibility index (Phi) is 9.38. The lowest BCUT2D eigenvalue weighted by Crippen LogP contribution is -2.14.